The molecule has 1 heterocycles. The number of hydrogen-bond acceptors (Lipinski definition) is 3. The van der Waals surface area contributed by atoms with Gasteiger partial charge in [-0.15, -0.1) is 0 Å². The minimum atomic E-state index is 0.490. The lowest BCUT2D eigenvalue weighted by Crippen LogP contribution is -1.90. The van der Waals surface area contributed by atoms with Crippen molar-refractivity contribution < 1.29 is 9.53 Å². The van der Waals surface area contributed by atoms with Crippen molar-refractivity contribution in [2.75, 3.05) is 7.11 Å². The molecule has 0 aliphatic carbocycles. The van der Waals surface area contributed by atoms with Crippen LogP contribution < -0.4 is 4.74 Å². The summed E-state index contributed by atoms with van der Waals surface area (Å²) in [5.41, 5.74) is 0.490. The quantitative estimate of drug-likeness (QED) is 0.705. The van der Waals surface area contributed by atoms with Gasteiger partial charge >= 0.3 is 0 Å². The van der Waals surface area contributed by atoms with Crippen molar-refractivity contribution in [1.29, 1.82) is 0 Å². The molecule has 0 aliphatic heterocycles. The summed E-state index contributed by atoms with van der Waals surface area (Å²) in [6.07, 6.45) is 3.73. The Hall–Kier alpha value is -0.900. The average molecular weight is 216 g/mol. The summed E-state index contributed by atoms with van der Waals surface area (Å²) in [6.45, 7) is 0. The van der Waals surface area contributed by atoms with E-state index in [9.17, 15) is 4.79 Å². The fraction of sp³-hybridized carbons (Fsp3) is 0.143. The second kappa shape index (κ2) is 3.48. The molecule has 0 radical (unpaired) electrons. The van der Waals surface area contributed by atoms with E-state index < -0.39 is 0 Å². The van der Waals surface area contributed by atoms with Gasteiger partial charge in [-0.25, -0.2) is 0 Å². The van der Waals surface area contributed by atoms with Gasteiger partial charge in [-0.1, -0.05) is 0 Å². The molecule has 0 bridgehead atoms. The van der Waals surface area contributed by atoms with Crippen LogP contribution >= 0.6 is 15.9 Å². The van der Waals surface area contributed by atoms with E-state index in [0.29, 0.717) is 15.8 Å². The molecule has 58 valence electrons. The predicted molar refractivity (Wildman–Crippen MR) is 43.9 cm³/mol. The molecule has 0 aromatic carbocycles. The van der Waals surface area contributed by atoms with E-state index in [1.807, 2.05) is 0 Å². The highest BCUT2D eigenvalue weighted by Crippen LogP contribution is 2.25. The van der Waals surface area contributed by atoms with E-state index in [1.54, 1.807) is 0 Å². The van der Waals surface area contributed by atoms with Crippen molar-refractivity contribution in [2.45, 2.75) is 0 Å². The average Bonchev–Trinajstić information content (AvgIpc) is 2.05. The van der Waals surface area contributed by atoms with Crippen LogP contribution in [0.2, 0.25) is 0 Å². The Labute approximate surface area is 72.5 Å². The van der Waals surface area contributed by atoms with Gasteiger partial charge in [0.15, 0.2) is 12.0 Å². The number of pyridine rings is 1. The summed E-state index contributed by atoms with van der Waals surface area (Å²) in [7, 11) is 1.52. The van der Waals surface area contributed by atoms with Gasteiger partial charge in [-0.2, -0.15) is 0 Å². The Kier molecular flexibility index (Phi) is 2.59. The first-order valence-electron chi connectivity index (χ1n) is 2.92. The maximum absolute atomic E-state index is 10.4. The Morgan fingerprint density at radius 1 is 1.64 bits per heavy atom. The van der Waals surface area contributed by atoms with Gasteiger partial charge in [0.1, 0.15) is 0 Å². The number of hydrogen-bond donors (Lipinski definition) is 0. The third kappa shape index (κ3) is 1.57. The third-order valence-corrected chi connectivity index (χ3v) is 2.07. The number of carbonyl (C=O) groups is 1. The number of halogens is 1. The molecule has 0 amide bonds. The first-order valence-corrected chi connectivity index (χ1v) is 3.71. The molecule has 0 spiro atoms. The van der Waals surface area contributed by atoms with Crippen LogP contribution in [-0.2, 0) is 0 Å². The van der Waals surface area contributed by atoms with Crippen molar-refractivity contribution >= 4 is 22.2 Å². The van der Waals surface area contributed by atoms with Crippen LogP contribution in [0.1, 0.15) is 10.4 Å². The summed E-state index contributed by atoms with van der Waals surface area (Å²) >= 11 is 3.21. The Bertz CT molecular complexity index is 275. The molecule has 11 heavy (non-hydrogen) atoms. The van der Waals surface area contributed by atoms with Gasteiger partial charge in [-0.3, -0.25) is 9.78 Å². The molecule has 1 aromatic rings. The lowest BCUT2D eigenvalue weighted by Gasteiger charge is -2.02. The largest absolute Gasteiger partial charge is 0.494 e. The number of methoxy groups -OCH3 is 1. The lowest BCUT2D eigenvalue weighted by atomic mass is 10.3. The first-order chi connectivity index (χ1) is 5.29. The second-order valence-electron chi connectivity index (χ2n) is 1.86. The van der Waals surface area contributed by atoms with Crippen LogP contribution in [0.3, 0.4) is 0 Å². The van der Waals surface area contributed by atoms with Crippen molar-refractivity contribution in [2.24, 2.45) is 0 Å². The second-order valence-corrected chi connectivity index (χ2v) is 2.66. The van der Waals surface area contributed by atoms with Crippen molar-refractivity contribution in [3.63, 3.8) is 0 Å². The standard InChI is InChI=1S/C7H6BrNO2/c1-11-6-3-9-2-5(4-10)7(6)8/h2-4H,1H3. The van der Waals surface area contributed by atoms with Gasteiger partial charge in [-0.05, 0) is 15.9 Å². The summed E-state index contributed by atoms with van der Waals surface area (Å²) in [5, 5.41) is 0. The Morgan fingerprint density at radius 3 is 2.91 bits per heavy atom. The van der Waals surface area contributed by atoms with Crippen LogP contribution in [-0.4, -0.2) is 18.4 Å². The van der Waals surface area contributed by atoms with E-state index in [2.05, 4.69) is 20.9 Å². The maximum atomic E-state index is 10.4. The van der Waals surface area contributed by atoms with E-state index in [-0.39, 0.29) is 0 Å². The minimum Gasteiger partial charge on any atom is -0.494 e. The molecule has 0 saturated heterocycles. The molecule has 0 fully saturated rings. The topological polar surface area (TPSA) is 39.2 Å². The number of aromatic nitrogens is 1. The highest BCUT2D eigenvalue weighted by atomic mass is 79.9. The van der Waals surface area contributed by atoms with Crippen LogP contribution in [0.4, 0.5) is 0 Å². The molecule has 0 unspecified atom stereocenters. The molecular formula is C7H6BrNO2. The number of rotatable bonds is 2. The molecule has 0 aliphatic rings. The summed E-state index contributed by atoms with van der Waals surface area (Å²) in [6, 6.07) is 0. The highest BCUT2D eigenvalue weighted by molar-refractivity contribution is 9.10. The third-order valence-electron chi connectivity index (χ3n) is 1.22. The Morgan fingerprint density at radius 2 is 2.36 bits per heavy atom. The zero-order chi connectivity index (χ0) is 8.27. The van der Waals surface area contributed by atoms with Crippen LogP contribution in [0.5, 0.6) is 5.75 Å². The zero-order valence-electron chi connectivity index (χ0n) is 5.87. The number of ether oxygens (including phenoxy) is 1. The number of carbonyl (C=O) groups excluding carboxylic acids is 1. The molecule has 1 rings (SSSR count). The van der Waals surface area contributed by atoms with E-state index in [1.165, 1.54) is 19.5 Å². The van der Waals surface area contributed by atoms with Gasteiger partial charge in [0.2, 0.25) is 0 Å². The molecule has 0 saturated carbocycles. The fourth-order valence-corrected chi connectivity index (χ4v) is 1.13. The molecule has 0 atom stereocenters. The SMILES string of the molecule is COc1cncc(C=O)c1Br. The smallest absolute Gasteiger partial charge is 0.152 e. The first kappa shape index (κ1) is 8.20. The number of nitrogens with zero attached hydrogens (tertiary/aromatic N) is 1. The molecular weight excluding hydrogens is 210 g/mol. The Balaban J connectivity index is 3.20. The zero-order valence-corrected chi connectivity index (χ0v) is 7.46. The monoisotopic (exact) mass is 215 g/mol. The summed E-state index contributed by atoms with van der Waals surface area (Å²) < 4.78 is 5.56. The summed E-state index contributed by atoms with van der Waals surface area (Å²) in [4.78, 5) is 14.2. The van der Waals surface area contributed by atoms with Gasteiger partial charge in [0.25, 0.3) is 0 Å². The normalized spacial score (nSPS) is 9.27. The molecule has 3 nitrogen and oxygen atoms in total. The van der Waals surface area contributed by atoms with Crippen LogP contribution in [0.25, 0.3) is 0 Å². The van der Waals surface area contributed by atoms with Gasteiger partial charge in [0.05, 0.1) is 23.3 Å². The lowest BCUT2D eigenvalue weighted by molar-refractivity contribution is 0.112. The molecule has 4 heteroatoms. The van der Waals surface area contributed by atoms with Crippen LogP contribution in [0.15, 0.2) is 16.9 Å². The van der Waals surface area contributed by atoms with E-state index >= 15 is 0 Å². The highest BCUT2D eigenvalue weighted by Gasteiger charge is 2.04. The minimum absolute atomic E-state index is 0.490. The molecule has 1 aromatic heterocycles. The summed E-state index contributed by atoms with van der Waals surface area (Å²) in [5.74, 6) is 0.564. The van der Waals surface area contributed by atoms with Crippen molar-refractivity contribution in [3.05, 3.63) is 22.4 Å². The number of aldehydes is 1. The molecule has 0 N–H and O–H groups in total. The van der Waals surface area contributed by atoms with Gasteiger partial charge < -0.3 is 4.74 Å². The van der Waals surface area contributed by atoms with Gasteiger partial charge in [0, 0.05) is 6.20 Å². The van der Waals surface area contributed by atoms with Crippen molar-refractivity contribution in [3.8, 4) is 5.75 Å². The van der Waals surface area contributed by atoms with Crippen LogP contribution in [0, 0.1) is 0 Å². The maximum Gasteiger partial charge on any atom is 0.152 e. The van der Waals surface area contributed by atoms with Crippen molar-refractivity contribution in [1.82, 2.24) is 4.98 Å². The fourth-order valence-electron chi connectivity index (χ4n) is 0.665. The van der Waals surface area contributed by atoms with E-state index in [4.69, 9.17) is 4.74 Å². The predicted octanol–water partition coefficient (Wildman–Crippen LogP) is 1.67. The van der Waals surface area contributed by atoms with E-state index in [0.717, 1.165) is 6.29 Å².